The normalized spacial score (nSPS) is 31.7. The van der Waals surface area contributed by atoms with Crippen molar-refractivity contribution in [3.05, 3.63) is 23.5 Å². The number of allylic oxidation sites excluding steroid dienone is 2. The molecule has 16 heavy (non-hydrogen) atoms. The van der Waals surface area contributed by atoms with E-state index in [0.29, 0.717) is 0 Å². The Morgan fingerprint density at radius 2 is 1.88 bits per heavy atom. The first-order chi connectivity index (χ1) is 7.71. The lowest BCUT2D eigenvalue weighted by atomic mass is 9.72. The van der Waals surface area contributed by atoms with Crippen molar-refractivity contribution in [3.8, 4) is 0 Å². The number of rotatable bonds is 0. The lowest BCUT2D eigenvalue weighted by Crippen LogP contribution is -2.49. The highest BCUT2D eigenvalue weighted by atomic mass is 16.5. The lowest BCUT2D eigenvalue weighted by molar-refractivity contribution is -0.0811. The second-order valence-electron chi connectivity index (χ2n) is 4.35. The highest BCUT2D eigenvalue weighted by Crippen LogP contribution is 2.46. The summed E-state index contributed by atoms with van der Waals surface area (Å²) in [5, 5.41) is 0. The second-order valence-corrected chi connectivity index (χ2v) is 4.35. The summed E-state index contributed by atoms with van der Waals surface area (Å²) < 4.78 is 6.05. The molecule has 2 rings (SSSR count). The summed E-state index contributed by atoms with van der Waals surface area (Å²) in [7, 11) is 0. The molecular weight excluding hydrogens is 198 g/mol. The zero-order chi connectivity index (χ0) is 12.2. The minimum atomic E-state index is 0.0910. The van der Waals surface area contributed by atoms with E-state index in [0.717, 1.165) is 12.2 Å². The molecule has 0 aromatic heterocycles. The third-order valence-corrected chi connectivity index (χ3v) is 3.44. The van der Waals surface area contributed by atoms with Crippen LogP contribution < -0.4 is 5.73 Å². The van der Waals surface area contributed by atoms with E-state index in [1.165, 1.54) is 24.8 Å². The molecule has 0 bridgehead atoms. The van der Waals surface area contributed by atoms with Crippen molar-refractivity contribution in [2.24, 2.45) is 5.73 Å². The molecule has 2 fully saturated rings. The Morgan fingerprint density at radius 1 is 1.25 bits per heavy atom. The van der Waals surface area contributed by atoms with Crippen molar-refractivity contribution in [1.29, 1.82) is 0 Å². The van der Waals surface area contributed by atoms with Gasteiger partial charge in [-0.15, -0.1) is 0 Å². The molecule has 0 aromatic carbocycles. The summed E-state index contributed by atoms with van der Waals surface area (Å²) in [6.45, 7) is 8.05. The SMILES string of the molecule is C/C=C1\C(=C/C)OC2(CCC2)CC1N.CC. The molecule has 1 heterocycles. The Balaban J connectivity index is 0.000000606. The van der Waals surface area contributed by atoms with Gasteiger partial charge in [0.1, 0.15) is 11.4 Å². The predicted octanol–water partition coefficient (Wildman–Crippen LogP) is 3.53. The molecule has 1 spiro atoms. The molecule has 2 nitrogen and oxygen atoms in total. The van der Waals surface area contributed by atoms with Crippen molar-refractivity contribution in [1.82, 2.24) is 0 Å². The highest BCUT2D eigenvalue weighted by molar-refractivity contribution is 5.34. The minimum Gasteiger partial charge on any atom is -0.487 e. The highest BCUT2D eigenvalue weighted by Gasteiger charge is 2.45. The summed E-state index contributed by atoms with van der Waals surface area (Å²) >= 11 is 0. The Bertz CT molecular complexity index is 287. The summed E-state index contributed by atoms with van der Waals surface area (Å²) in [4.78, 5) is 0. The van der Waals surface area contributed by atoms with E-state index >= 15 is 0 Å². The van der Waals surface area contributed by atoms with Crippen molar-refractivity contribution in [2.45, 2.75) is 65.0 Å². The van der Waals surface area contributed by atoms with Crippen LogP contribution >= 0.6 is 0 Å². The van der Waals surface area contributed by atoms with Gasteiger partial charge in [-0.05, 0) is 39.2 Å². The van der Waals surface area contributed by atoms with E-state index < -0.39 is 0 Å². The maximum atomic E-state index is 6.15. The van der Waals surface area contributed by atoms with Gasteiger partial charge < -0.3 is 10.5 Å². The molecule has 2 heteroatoms. The van der Waals surface area contributed by atoms with Gasteiger partial charge in [0.2, 0.25) is 0 Å². The monoisotopic (exact) mass is 223 g/mol. The molecule has 0 aromatic rings. The maximum Gasteiger partial charge on any atom is 0.120 e. The van der Waals surface area contributed by atoms with Gasteiger partial charge in [-0.2, -0.15) is 0 Å². The van der Waals surface area contributed by atoms with Crippen molar-refractivity contribution in [2.75, 3.05) is 0 Å². The minimum absolute atomic E-state index is 0.0910. The molecule has 2 aliphatic rings. The van der Waals surface area contributed by atoms with E-state index in [9.17, 15) is 0 Å². The summed E-state index contributed by atoms with van der Waals surface area (Å²) in [6.07, 6.45) is 8.74. The Kier molecular flexibility index (Phi) is 4.60. The van der Waals surface area contributed by atoms with Gasteiger partial charge in [0.15, 0.2) is 0 Å². The summed E-state index contributed by atoms with van der Waals surface area (Å²) in [6, 6.07) is 0.167. The Labute approximate surface area is 99.6 Å². The fraction of sp³-hybridized carbons (Fsp3) is 0.714. The van der Waals surface area contributed by atoms with Gasteiger partial charge >= 0.3 is 0 Å². The predicted molar refractivity (Wildman–Crippen MR) is 69.1 cm³/mol. The van der Waals surface area contributed by atoms with Crippen LogP contribution in [0.4, 0.5) is 0 Å². The van der Waals surface area contributed by atoms with Gasteiger partial charge in [0.25, 0.3) is 0 Å². The molecule has 1 saturated heterocycles. The lowest BCUT2D eigenvalue weighted by Gasteiger charge is -2.48. The average Bonchev–Trinajstić information content (AvgIpc) is 2.28. The molecule has 1 saturated carbocycles. The van der Waals surface area contributed by atoms with E-state index in [2.05, 4.69) is 6.08 Å². The van der Waals surface area contributed by atoms with E-state index in [1.54, 1.807) is 0 Å². The van der Waals surface area contributed by atoms with Crippen LogP contribution in [0.15, 0.2) is 23.5 Å². The standard InChI is InChI=1S/C12H19NO.C2H6/c1-3-9-10(13)8-12(6-5-7-12)14-11(9)4-2;1-2/h3-4,10H,5-8,13H2,1-2H3;1-2H3/b9-3-,11-4+;. The van der Waals surface area contributed by atoms with Crippen LogP contribution in [0.5, 0.6) is 0 Å². The molecular formula is C14H25NO. The van der Waals surface area contributed by atoms with Gasteiger partial charge in [-0.25, -0.2) is 0 Å². The maximum absolute atomic E-state index is 6.15. The Morgan fingerprint density at radius 3 is 2.25 bits per heavy atom. The average molecular weight is 223 g/mol. The topological polar surface area (TPSA) is 35.2 Å². The van der Waals surface area contributed by atoms with Crippen LogP contribution in [0.2, 0.25) is 0 Å². The first-order valence-corrected chi connectivity index (χ1v) is 6.48. The Hall–Kier alpha value is -0.760. The van der Waals surface area contributed by atoms with Crippen LogP contribution in [-0.4, -0.2) is 11.6 Å². The molecule has 0 radical (unpaired) electrons. The van der Waals surface area contributed by atoms with Crippen LogP contribution in [0.1, 0.15) is 53.4 Å². The van der Waals surface area contributed by atoms with Gasteiger partial charge in [-0.3, -0.25) is 0 Å². The number of nitrogens with two attached hydrogens (primary N) is 1. The summed E-state index contributed by atoms with van der Waals surface area (Å²) in [5.41, 5.74) is 7.41. The summed E-state index contributed by atoms with van der Waals surface area (Å²) in [5.74, 6) is 1.01. The number of hydrogen-bond acceptors (Lipinski definition) is 2. The largest absolute Gasteiger partial charge is 0.487 e. The molecule has 1 atom stereocenters. The molecule has 1 unspecified atom stereocenters. The van der Waals surface area contributed by atoms with Crippen molar-refractivity contribution in [3.63, 3.8) is 0 Å². The zero-order valence-corrected chi connectivity index (χ0v) is 11.0. The van der Waals surface area contributed by atoms with E-state index in [4.69, 9.17) is 10.5 Å². The molecule has 1 aliphatic heterocycles. The van der Waals surface area contributed by atoms with Gasteiger partial charge in [0, 0.05) is 18.0 Å². The molecule has 1 aliphatic carbocycles. The molecule has 2 N–H and O–H groups in total. The quantitative estimate of drug-likeness (QED) is 0.682. The molecule has 0 amide bonds. The van der Waals surface area contributed by atoms with Crippen LogP contribution in [0.25, 0.3) is 0 Å². The van der Waals surface area contributed by atoms with Gasteiger partial charge in [0.05, 0.1) is 0 Å². The fourth-order valence-corrected chi connectivity index (χ4v) is 2.49. The second kappa shape index (κ2) is 5.53. The third kappa shape index (κ3) is 2.32. The van der Waals surface area contributed by atoms with Crippen LogP contribution in [0.3, 0.4) is 0 Å². The van der Waals surface area contributed by atoms with E-state index in [-0.39, 0.29) is 11.6 Å². The van der Waals surface area contributed by atoms with Crippen molar-refractivity contribution >= 4 is 0 Å². The number of ether oxygens (including phenoxy) is 1. The zero-order valence-electron chi connectivity index (χ0n) is 11.0. The van der Waals surface area contributed by atoms with Crippen LogP contribution in [-0.2, 0) is 4.74 Å². The van der Waals surface area contributed by atoms with Gasteiger partial charge in [-0.1, -0.05) is 19.9 Å². The van der Waals surface area contributed by atoms with Crippen LogP contribution in [0, 0.1) is 0 Å². The first kappa shape index (κ1) is 13.3. The fourth-order valence-electron chi connectivity index (χ4n) is 2.49. The van der Waals surface area contributed by atoms with E-state index in [1.807, 2.05) is 33.8 Å². The first-order valence-electron chi connectivity index (χ1n) is 6.48. The number of hydrogen-bond donors (Lipinski definition) is 1. The smallest absolute Gasteiger partial charge is 0.120 e. The molecule has 92 valence electrons. The third-order valence-electron chi connectivity index (χ3n) is 3.44. The van der Waals surface area contributed by atoms with Crippen molar-refractivity contribution < 1.29 is 4.74 Å².